The van der Waals surface area contributed by atoms with Gasteiger partial charge in [0.05, 0.1) is 19.3 Å². The highest BCUT2D eigenvalue weighted by molar-refractivity contribution is 5.98. The van der Waals surface area contributed by atoms with Crippen molar-refractivity contribution in [3.8, 4) is 0 Å². The third-order valence-electron chi connectivity index (χ3n) is 5.40. The van der Waals surface area contributed by atoms with E-state index in [0.717, 1.165) is 5.56 Å². The molecule has 7 nitrogen and oxygen atoms in total. The number of hydrogen-bond donors (Lipinski definition) is 2. The molecule has 1 aromatic carbocycles. The zero-order valence-electron chi connectivity index (χ0n) is 15.1. The Morgan fingerprint density at radius 1 is 1.22 bits per heavy atom. The third-order valence-corrected chi connectivity index (χ3v) is 5.40. The highest BCUT2D eigenvalue weighted by atomic mass is 19.1. The van der Waals surface area contributed by atoms with Crippen molar-refractivity contribution < 1.29 is 18.7 Å². The van der Waals surface area contributed by atoms with Crippen LogP contribution >= 0.6 is 0 Å². The molecule has 1 aromatic heterocycles. The van der Waals surface area contributed by atoms with Gasteiger partial charge in [0.25, 0.3) is 11.8 Å². The molecule has 2 amide bonds. The number of benzene rings is 1. The monoisotopic (exact) mass is 372 g/mol. The second kappa shape index (κ2) is 6.77. The van der Waals surface area contributed by atoms with Gasteiger partial charge in [-0.25, -0.2) is 4.39 Å². The highest BCUT2D eigenvalue weighted by Gasteiger charge is 2.55. The molecule has 0 radical (unpaired) electrons. The molecule has 1 saturated heterocycles. The summed E-state index contributed by atoms with van der Waals surface area (Å²) >= 11 is 0. The second-order valence-corrected chi connectivity index (χ2v) is 7.03. The SMILES string of the molecule is CNC(=O)c1cc(C(=O)N[C@H]2[C@@H]3COC[C@@H]32)n([C@@H](C)c2ccc(F)cc2)n1. The van der Waals surface area contributed by atoms with Gasteiger partial charge in [-0.3, -0.25) is 14.3 Å². The third kappa shape index (κ3) is 3.21. The van der Waals surface area contributed by atoms with E-state index in [9.17, 15) is 14.0 Å². The molecule has 2 fully saturated rings. The fraction of sp³-hybridized carbons (Fsp3) is 0.421. The molecule has 2 aliphatic rings. The fourth-order valence-electron chi connectivity index (χ4n) is 3.66. The Morgan fingerprint density at radius 3 is 2.52 bits per heavy atom. The van der Waals surface area contributed by atoms with Gasteiger partial charge in [-0.05, 0) is 24.6 Å². The van der Waals surface area contributed by atoms with Crippen molar-refractivity contribution in [1.82, 2.24) is 20.4 Å². The first kappa shape index (κ1) is 17.7. The van der Waals surface area contributed by atoms with Crippen LogP contribution in [0.3, 0.4) is 0 Å². The average Bonchev–Trinajstić information content (AvgIpc) is 3.08. The summed E-state index contributed by atoms with van der Waals surface area (Å²) in [6.07, 6.45) is 0. The molecular weight excluding hydrogens is 351 g/mol. The highest BCUT2D eigenvalue weighted by Crippen LogP contribution is 2.44. The van der Waals surface area contributed by atoms with Crippen LogP contribution in [-0.4, -0.2) is 47.9 Å². The second-order valence-electron chi connectivity index (χ2n) is 7.03. The first-order valence-corrected chi connectivity index (χ1v) is 8.95. The molecule has 2 N–H and O–H groups in total. The number of carbonyl (C=O) groups excluding carboxylic acids is 2. The summed E-state index contributed by atoms with van der Waals surface area (Å²) in [5, 5.41) is 9.87. The molecular formula is C19H21FN4O3. The maximum Gasteiger partial charge on any atom is 0.271 e. The van der Waals surface area contributed by atoms with E-state index < -0.39 is 0 Å². The van der Waals surface area contributed by atoms with E-state index in [2.05, 4.69) is 15.7 Å². The lowest BCUT2D eigenvalue weighted by molar-refractivity contribution is 0.0915. The molecule has 1 aliphatic heterocycles. The summed E-state index contributed by atoms with van der Waals surface area (Å²) in [7, 11) is 1.51. The quantitative estimate of drug-likeness (QED) is 0.830. The Morgan fingerprint density at radius 2 is 1.89 bits per heavy atom. The Hall–Kier alpha value is -2.74. The van der Waals surface area contributed by atoms with Crippen molar-refractivity contribution in [2.75, 3.05) is 20.3 Å². The first-order valence-electron chi connectivity index (χ1n) is 8.95. The van der Waals surface area contributed by atoms with Crippen molar-refractivity contribution in [3.05, 3.63) is 53.1 Å². The summed E-state index contributed by atoms with van der Waals surface area (Å²) < 4.78 is 20.1. The summed E-state index contributed by atoms with van der Waals surface area (Å²) in [5.74, 6) is -0.230. The van der Waals surface area contributed by atoms with Gasteiger partial charge < -0.3 is 15.4 Å². The number of ether oxygens (including phenoxy) is 1. The smallest absolute Gasteiger partial charge is 0.271 e. The predicted octanol–water partition coefficient (Wildman–Crippen LogP) is 1.37. The fourth-order valence-corrected chi connectivity index (χ4v) is 3.66. The van der Waals surface area contributed by atoms with E-state index >= 15 is 0 Å². The summed E-state index contributed by atoms with van der Waals surface area (Å²) in [6.45, 7) is 3.19. The number of rotatable bonds is 5. The molecule has 1 saturated carbocycles. The van der Waals surface area contributed by atoms with Crippen LogP contribution in [-0.2, 0) is 4.74 Å². The van der Waals surface area contributed by atoms with Crippen LogP contribution in [0.2, 0.25) is 0 Å². The van der Waals surface area contributed by atoms with E-state index in [1.54, 1.807) is 12.1 Å². The van der Waals surface area contributed by atoms with Gasteiger partial charge in [0.1, 0.15) is 11.5 Å². The van der Waals surface area contributed by atoms with Gasteiger partial charge in [-0.2, -0.15) is 5.10 Å². The summed E-state index contributed by atoms with van der Waals surface area (Å²) in [4.78, 5) is 24.9. The van der Waals surface area contributed by atoms with Crippen LogP contribution in [0.15, 0.2) is 30.3 Å². The molecule has 4 rings (SSSR count). The lowest BCUT2D eigenvalue weighted by Crippen LogP contribution is -2.32. The van der Waals surface area contributed by atoms with Crippen LogP contribution in [0, 0.1) is 17.7 Å². The van der Waals surface area contributed by atoms with Crippen LogP contribution in [0.25, 0.3) is 0 Å². The number of halogens is 1. The van der Waals surface area contributed by atoms with Crippen molar-refractivity contribution in [2.24, 2.45) is 11.8 Å². The largest absolute Gasteiger partial charge is 0.381 e. The van der Waals surface area contributed by atoms with E-state index in [1.165, 1.54) is 29.9 Å². The predicted molar refractivity (Wildman–Crippen MR) is 94.9 cm³/mol. The maximum absolute atomic E-state index is 13.2. The number of carbonyl (C=O) groups is 2. The minimum Gasteiger partial charge on any atom is -0.381 e. The summed E-state index contributed by atoms with van der Waals surface area (Å²) in [6, 6.07) is 7.27. The molecule has 0 spiro atoms. The van der Waals surface area contributed by atoms with E-state index in [4.69, 9.17) is 4.74 Å². The van der Waals surface area contributed by atoms with Crippen molar-refractivity contribution in [1.29, 1.82) is 0 Å². The number of amides is 2. The number of aromatic nitrogens is 2. The van der Waals surface area contributed by atoms with Gasteiger partial charge >= 0.3 is 0 Å². The zero-order valence-corrected chi connectivity index (χ0v) is 15.1. The lowest BCUT2D eigenvalue weighted by atomic mass is 10.1. The van der Waals surface area contributed by atoms with E-state index in [-0.39, 0.29) is 35.4 Å². The summed E-state index contributed by atoms with van der Waals surface area (Å²) in [5.41, 5.74) is 1.25. The number of fused-ring (bicyclic) bond motifs is 1. The standard InChI is InChI=1S/C19H21FN4O3/c1-10(11-3-5-12(20)6-4-11)24-16(7-15(23-24)18(25)21-2)19(26)22-17-13-8-27-9-14(13)17/h3-7,10,13-14,17H,8-9H2,1-2H3,(H,21,25)(H,22,26)/t10-,13-,14+,17+/m0/s1. The Bertz CT molecular complexity index is 870. The molecule has 2 aromatic rings. The van der Waals surface area contributed by atoms with Crippen LogP contribution in [0.5, 0.6) is 0 Å². The van der Waals surface area contributed by atoms with E-state index in [1.807, 2.05) is 6.92 Å². The van der Waals surface area contributed by atoms with Crippen molar-refractivity contribution >= 4 is 11.8 Å². The van der Waals surface area contributed by atoms with Gasteiger partial charge in [-0.1, -0.05) is 12.1 Å². The van der Waals surface area contributed by atoms with Gasteiger partial charge in [0.15, 0.2) is 5.69 Å². The Labute approximate surface area is 155 Å². The minimum absolute atomic E-state index is 0.110. The van der Waals surface area contributed by atoms with Gasteiger partial charge in [0, 0.05) is 31.0 Å². The zero-order chi connectivity index (χ0) is 19.1. The van der Waals surface area contributed by atoms with Crippen LogP contribution in [0.4, 0.5) is 4.39 Å². The topological polar surface area (TPSA) is 85.3 Å². The van der Waals surface area contributed by atoms with Crippen molar-refractivity contribution in [3.63, 3.8) is 0 Å². The maximum atomic E-state index is 13.2. The number of nitrogens with zero attached hydrogens (tertiary/aromatic N) is 2. The molecule has 8 heteroatoms. The Kier molecular flexibility index (Phi) is 4.43. The molecule has 2 heterocycles. The first-order chi connectivity index (χ1) is 13.0. The molecule has 1 aliphatic carbocycles. The normalized spacial score (nSPS) is 24.2. The average molecular weight is 372 g/mol. The molecule has 142 valence electrons. The number of hydrogen-bond acceptors (Lipinski definition) is 4. The van der Waals surface area contributed by atoms with Crippen molar-refractivity contribution in [2.45, 2.75) is 19.0 Å². The Balaban J connectivity index is 1.62. The molecule has 4 atom stereocenters. The number of nitrogens with one attached hydrogen (secondary N) is 2. The minimum atomic E-state index is -0.370. The molecule has 0 unspecified atom stereocenters. The van der Waals surface area contributed by atoms with Crippen LogP contribution < -0.4 is 10.6 Å². The van der Waals surface area contributed by atoms with Gasteiger partial charge in [-0.15, -0.1) is 0 Å². The molecule has 0 bridgehead atoms. The van der Waals surface area contributed by atoms with Crippen LogP contribution in [0.1, 0.15) is 39.5 Å². The molecule has 27 heavy (non-hydrogen) atoms. The van der Waals surface area contributed by atoms with Gasteiger partial charge in [0.2, 0.25) is 0 Å². The van der Waals surface area contributed by atoms with E-state index in [0.29, 0.717) is 30.7 Å². The lowest BCUT2D eigenvalue weighted by Gasteiger charge is -2.16.